The minimum Gasteiger partial charge on any atom is -0.333 e. The van der Waals surface area contributed by atoms with E-state index >= 15 is 0 Å². The molecule has 192 valence electrons. The SMILES string of the molecule is C/C(=C\N=CC(C)C)C1c2ccc(C)c(c2)CCc2cccc(c2)-c2cc(C#N)nc3ccc1cc23.CN. The molecule has 4 heteroatoms. The summed E-state index contributed by atoms with van der Waals surface area (Å²) >= 11 is 0. The molecule has 1 aliphatic rings. The van der Waals surface area contributed by atoms with Crippen LogP contribution in [0.15, 0.2) is 83.5 Å². The predicted octanol–water partition coefficient (Wildman–Crippen LogP) is 7.52. The summed E-state index contributed by atoms with van der Waals surface area (Å²) in [5.74, 6) is 0.476. The first-order chi connectivity index (χ1) is 18.4. The van der Waals surface area contributed by atoms with E-state index in [1.165, 1.54) is 40.4 Å². The number of aromatic nitrogens is 1. The van der Waals surface area contributed by atoms with Crippen molar-refractivity contribution in [2.45, 2.75) is 46.5 Å². The van der Waals surface area contributed by atoms with Gasteiger partial charge in [-0.2, -0.15) is 5.26 Å². The molecular formula is C34H36N4. The summed E-state index contributed by atoms with van der Waals surface area (Å²) in [5, 5.41) is 10.7. The second-order valence-electron chi connectivity index (χ2n) is 10.2. The van der Waals surface area contributed by atoms with Gasteiger partial charge in [-0.25, -0.2) is 4.98 Å². The number of benzene rings is 3. The maximum absolute atomic E-state index is 9.66. The van der Waals surface area contributed by atoms with Crippen molar-refractivity contribution >= 4 is 17.1 Å². The number of allylic oxidation sites excluding steroid dienone is 1. The summed E-state index contributed by atoms with van der Waals surface area (Å²) in [6.45, 7) is 8.65. The largest absolute Gasteiger partial charge is 0.333 e. The van der Waals surface area contributed by atoms with Crippen molar-refractivity contribution in [2.24, 2.45) is 16.6 Å². The highest BCUT2D eigenvalue weighted by molar-refractivity contribution is 5.95. The van der Waals surface area contributed by atoms with Crippen LogP contribution in [-0.2, 0) is 12.8 Å². The van der Waals surface area contributed by atoms with Crippen molar-refractivity contribution in [3.8, 4) is 17.2 Å². The fourth-order valence-corrected chi connectivity index (χ4v) is 5.16. The molecule has 0 saturated carbocycles. The molecule has 0 amide bonds. The highest BCUT2D eigenvalue weighted by Crippen LogP contribution is 2.37. The number of rotatable bonds is 3. The number of nitrogens with zero attached hydrogens (tertiary/aromatic N) is 3. The Hall–Kier alpha value is -4.07. The van der Waals surface area contributed by atoms with Gasteiger partial charge in [-0.05, 0) is 102 Å². The van der Waals surface area contributed by atoms with Crippen LogP contribution in [0.1, 0.15) is 60.2 Å². The van der Waals surface area contributed by atoms with Gasteiger partial charge in [0, 0.05) is 23.7 Å². The number of hydrogen-bond donors (Lipinski definition) is 1. The third kappa shape index (κ3) is 5.74. The lowest BCUT2D eigenvalue weighted by Gasteiger charge is -2.21. The number of pyridine rings is 1. The van der Waals surface area contributed by atoms with Crippen LogP contribution in [0.5, 0.6) is 0 Å². The maximum atomic E-state index is 9.66. The first-order valence-corrected chi connectivity index (χ1v) is 13.2. The van der Waals surface area contributed by atoms with Gasteiger partial charge in [0.2, 0.25) is 0 Å². The van der Waals surface area contributed by atoms with Crippen LogP contribution in [0.2, 0.25) is 0 Å². The van der Waals surface area contributed by atoms with E-state index in [1.54, 1.807) is 0 Å². The fraction of sp³-hybridized carbons (Fsp3) is 0.265. The Balaban J connectivity index is 0.00000164. The average molecular weight is 501 g/mol. The van der Waals surface area contributed by atoms with E-state index in [-0.39, 0.29) is 5.92 Å². The van der Waals surface area contributed by atoms with Gasteiger partial charge in [0.05, 0.1) is 5.52 Å². The Morgan fingerprint density at radius 2 is 1.79 bits per heavy atom. The van der Waals surface area contributed by atoms with E-state index in [0.717, 1.165) is 34.9 Å². The minimum absolute atomic E-state index is 0.0745. The summed E-state index contributed by atoms with van der Waals surface area (Å²) in [6, 6.07) is 26.3. The first kappa shape index (κ1) is 27.0. The van der Waals surface area contributed by atoms with Crippen LogP contribution in [-0.4, -0.2) is 18.2 Å². The number of hydrogen-bond acceptors (Lipinski definition) is 4. The first-order valence-electron chi connectivity index (χ1n) is 13.2. The number of fused-ring (bicyclic) bond motifs is 6. The van der Waals surface area contributed by atoms with Gasteiger partial charge in [0.25, 0.3) is 0 Å². The Morgan fingerprint density at radius 3 is 2.55 bits per heavy atom. The van der Waals surface area contributed by atoms with Crippen molar-refractivity contribution < 1.29 is 0 Å². The molecule has 4 aromatic rings. The zero-order valence-electron chi connectivity index (χ0n) is 23.0. The molecule has 1 atom stereocenters. The lowest BCUT2D eigenvalue weighted by molar-refractivity contribution is 0.899. The molecule has 0 saturated heterocycles. The monoisotopic (exact) mass is 500 g/mol. The van der Waals surface area contributed by atoms with E-state index in [4.69, 9.17) is 0 Å². The second-order valence-corrected chi connectivity index (χ2v) is 10.2. The molecule has 4 nitrogen and oxygen atoms in total. The van der Waals surface area contributed by atoms with Crippen LogP contribution < -0.4 is 5.73 Å². The maximum Gasteiger partial charge on any atom is 0.141 e. The van der Waals surface area contributed by atoms with Gasteiger partial charge in [0.1, 0.15) is 11.8 Å². The van der Waals surface area contributed by atoms with Gasteiger partial charge in [0.15, 0.2) is 0 Å². The number of nitriles is 1. The van der Waals surface area contributed by atoms with Gasteiger partial charge in [-0.15, -0.1) is 0 Å². The van der Waals surface area contributed by atoms with Crippen LogP contribution in [0, 0.1) is 24.2 Å². The highest BCUT2D eigenvalue weighted by atomic mass is 14.7. The van der Waals surface area contributed by atoms with Gasteiger partial charge in [-0.1, -0.05) is 62.4 Å². The molecule has 1 aromatic heterocycles. The van der Waals surface area contributed by atoms with Crippen molar-refractivity contribution in [1.29, 1.82) is 5.26 Å². The van der Waals surface area contributed by atoms with Crippen LogP contribution in [0.4, 0.5) is 0 Å². The molecule has 2 N–H and O–H groups in total. The zero-order chi connectivity index (χ0) is 27.2. The summed E-state index contributed by atoms with van der Waals surface area (Å²) in [6.07, 6.45) is 5.94. The Morgan fingerprint density at radius 1 is 1.03 bits per heavy atom. The quantitative estimate of drug-likeness (QED) is 0.296. The van der Waals surface area contributed by atoms with E-state index in [9.17, 15) is 5.26 Å². The summed E-state index contributed by atoms with van der Waals surface area (Å²) in [4.78, 5) is 9.26. The molecular weight excluding hydrogens is 464 g/mol. The Bertz CT molecular complexity index is 1550. The second kappa shape index (κ2) is 12.0. The third-order valence-electron chi connectivity index (χ3n) is 7.03. The molecule has 0 spiro atoms. The van der Waals surface area contributed by atoms with E-state index in [2.05, 4.69) is 110 Å². The van der Waals surface area contributed by atoms with Gasteiger partial charge < -0.3 is 5.73 Å². The molecule has 1 unspecified atom stereocenters. The molecule has 0 radical (unpaired) electrons. The van der Waals surface area contributed by atoms with Crippen LogP contribution in [0.3, 0.4) is 0 Å². The van der Waals surface area contributed by atoms with E-state index < -0.39 is 0 Å². The van der Waals surface area contributed by atoms with Gasteiger partial charge in [-0.3, -0.25) is 4.99 Å². The number of aryl methyl sites for hydroxylation is 3. The van der Waals surface area contributed by atoms with Crippen molar-refractivity contribution in [3.05, 3.63) is 112 Å². The van der Waals surface area contributed by atoms with Crippen molar-refractivity contribution in [3.63, 3.8) is 0 Å². The Labute approximate surface area is 226 Å². The third-order valence-corrected chi connectivity index (χ3v) is 7.03. The normalized spacial score (nSPS) is 14.9. The summed E-state index contributed by atoms with van der Waals surface area (Å²) in [5.41, 5.74) is 15.6. The van der Waals surface area contributed by atoms with Crippen molar-refractivity contribution in [2.75, 3.05) is 7.05 Å². The Kier molecular flexibility index (Phi) is 8.51. The van der Waals surface area contributed by atoms with E-state index in [0.29, 0.717) is 11.6 Å². The molecule has 38 heavy (non-hydrogen) atoms. The standard InChI is InChI=1S/C33H31N3.CH5N/c1-21(2)19-35-20-23(4)33-27-10-8-22(3)25(15-27)11-9-24-6-5-7-26(14-24)30-17-29(18-34)36-32-13-12-28(33)16-31(30)32;1-2/h5-8,10,12-17,19-21,33H,9,11H2,1-4H3;2H2,1H3/b23-20+,35-19?;. The van der Waals surface area contributed by atoms with E-state index in [1.807, 2.05) is 18.5 Å². The number of aliphatic imine (C=N–C) groups is 1. The van der Waals surface area contributed by atoms with Crippen LogP contribution >= 0.6 is 0 Å². The molecule has 3 aromatic carbocycles. The molecule has 5 rings (SSSR count). The minimum atomic E-state index is 0.0745. The summed E-state index contributed by atoms with van der Waals surface area (Å²) < 4.78 is 0. The number of nitrogens with two attached hydrogens (primary N) is 1. The zero-order valence-corrected chi connectivity index (χ0v) is 23.0. The lowest BCUT2D eigenvalue weighted by Crippen LogP contribution is -2.05. The van der Waals surface area contributed by atoms with Crippen molar-refractivity contribution in [1.82, 2.24) is 4.98 Å². The van der Waals surface area contributed by atoms with Gasteiger partial charge >= 0.3 is 0 Å². The lowest BCUT2D eigenvalue weighted by atomic mass is 9.83. The molecule has 1 aliphatic carbocycles. The fourth-order valence-electron chi connectivity index (χ4n) is 5.16. The highest BCUT2D eigenvalue weighted by Gasteiger charge is 2.20. The summed E-state index contributed by atoms with van der Waals surface area (Å²) in [7, 11) is 1.50. The average Bonchev–Trinajstić information content (AvgIpc) is 2.93. The molecule has 1 heterocycles. The van der Waals surface area contributed by atoms with Crippen LogP contribution in [0.25, 0.3) is 22.0 Å². The predicted molar refractivity (Wildman–Crippen MR) is 160 cm³/mol. The topological polar surface area (TPSA) is 75.1 Å². The molecule has 0 aliphatic heterocycles. The molecule has 0 fully saturated rings. The molecule has 6 bridgehead atoms. The smallest absolute Gasteiger partial charge is 0.141 e.